The van der Waals surface area contributed by atoms with Crippen LogP contribution < -0.4 is 10.1 Å². The summed E-state index contributed by atoms with van der Waals surface area (Å²) in [5.74, 6) is -0.342. The third-order valence-corrected chi connectivity index (χ3v) is 4.21. The van der Waals surface area contributed by atoms with Gasteiger partial charge in [-0.05, 0) is 47.6 Å². The lowest BCUT2D eigenvalue weighted by molar-refractivity contribution is 0.102. The monoisotopic (exact) mass is 351 g/mol. The van der Waals surface area contributed by atoms with Gasteiger partial charge >= 0.3 is 0 Å². The van der Waals surface area contributed by atoms with E-state index in [9.17, 15) is 4.79 Å². The largest absolute Gasteiger partial charge is 0.472 e. The molecule has 0 fully saturated rings. The van der Waals surface area contributed by atoms with Crippen LogP contribution in [0.5, 0.6) is 5.19 Å². The minimum absolute atomic E-state index is 0.341. The number of benzene rings is 1. The van der Waals surface area contributed by atoms with E-state index < -0.39 is 0 Å². The van der Waals surface area contributed by atoms with E-state index in [4.69, 9.17) is 10.00 Å². The van der Waals surface area contributed by atoms with E-state index in [-0.39, 0.29) is 5.91 Å². The summed E-state index contributed by atoms with van der Waals surface area (Å²) >= 11 is 1.13. The molecule has 0 aliphatic carbocycles. The molecule has 1 N–H and O–H groups in total. The Kier molecular flexibility index (Phi) is 4.68. The minimum atomic E-state index is -0.342. The predicted molar refractivity (Wildman–Crippen MR) is 93.5 cm³/mol. The van der Waals surface area contributed by atoms with Crippen LogP contribution in [-0.4, -0.2) is 28.2 Å². The average molecular weight is 351 g/mol. The molecule has 0 saturated heterocycles. The summed E-state index contributed by atoms with van der Waals surface area (Å²) in [6.07, 6.45) is 1.52. The lowest BCUT2D eigenvalue weighted by Crippen LogP contribution is -2.13. The molecule has 3 rings (SSSR count). The van der Waals surface area contributed by atoms with Gasteiger partial charge in [0, 0.05) is 11.9 Å². The molecule has 7 nitrogen and oxygen atoms in total. The van der Waals surface area contributed by atoms with Gasteiger partial charge in [0.2, 0.25) is 5.13 Å². The fourth-order valence-corrected chi connectivity index (χ4v) is 2.77. The van der Waals surface area contributed by atoms with E-state index >= 15 is 0 Å². The highest BCUT2D eigenvalue weighted by molar-refractivity contribution is 7.17. The van der Waals surface area contributed by atoms with Crippen LogP contribution in [-0.2, 0) is 0 Å². The van der Waals surface area contributed by atoms with Crippen molar-refractivity contribution in [3.8, 4) is 22.4 Å². The lowest BCUT2D eigenvalue weighted by atomic mass is 9.99. The molecule has 0 radical (unpaired) electrons. The van der Waals surface area contributed by atoms with Crippen molar-refractivity contribution >= 4 is 22.4 Å². The molecule has 1 aromatic carbocycles. The number of methoxy groups -OCH3 is 1. The van der Waals surface area contributed by atoms with Crippen molar-refractivity contribution in [3.05, 3.63) is 53.3 Å². The number of rotatable bonds is 4. The van der Waals surface area contributed by atoms with E-state index in [0.717, 1.165) is 28.2 Å². The molecule has 0 unspecified atom stereocenters. The highest BCUT2D eigenvalue weighted by Crippen LogP contribution is 2.27. The van der Waals surface area contributed by atoms with E-state index in [2.05, 4.69) is 26.6 Å². The Morgan fingerprint density at radius 3 is 2.68 bits per heavy atom. The first-order valence-corrected chi connectivity index (χ1v) is 8.08. The minimum Gasteiger partial charge on any atom is -0.472 e. The zero-order valence-electron chi connectivity index (χ0n) is 13.5. The van der Waals surface area contributed by atoms with Crippen LogP contribution in [0.15, 0.2) is 36.5 Å². The molecular weight excluding hydrogens is 338 g/mol. The number of nitrogens with one attached hydrogen (secondary N) is 1. The van der Waals surface area contributed by atoms with Gasteiger partial charge < -0.3 is 4.74 Å². The number of carbonyl (C=O) groups is 1. The molecule has 0 spiro atoms. The van der Waals surface area contributed by atoms with Crippen molar-refractivity contribution in [2.24, 2.45) is 0 Å². The number of amides is 1. The second-order valence-electron chi connectivity index (χ2n) is 5.09. The second kappa shape index (κ2) is 7.07. The van der Waals surface area contributed by atoms with Gasteiger partial charge in [0.05, 0.1) is 24.3 Å². The molecule has 8 heteroatoms. The van der Waals surface area contributed by atoms with Gasteiger partial charge in [0.15, 0.2) is 0 Å². The number of pyridine rings is 1. The molecule has 0 bridgehead atoms. The smallest absolute Gasteiger partial charge is 0.295 e. The predicted octanol–water partition coefficient (Wildman–Crippen LogP) is 3.04. The number of nitriles is 1. The summed E-state index contributed by atoms with van der Waals surface area (Å²) in [6, 6.07) is 10.9. The maximum Gasteiger partial charge on any atom is 0.295 e. The SMILES string of the molecule is COc1nnc(NC(=O)c2cnc(C)cc2-c2ccc(C#N)cc2)s1. The summed E-state index contributed by atoms with van der Waals surface area (Å²) in [4.78, 5) is 16.8. The van der Waals surface area contributed by atoms with Crippen LogP contribution in [0.4, 0.5) is 5.13 Å². The van der Waals surface area contributed by atoms with Crippen molar-refractivity contribution < 1.29 is 9.53 Å². The zero-order valence-corrected chi connectivity index (χ0v) is 14.3. The first-order chi connectivity index (χ1) is 12.1. The number of anilines is 1. The van der Waals surface area contributed by atoms with Crippen LogP contribution in [0.25, 0.3) is 11.1 Å². The highest BCUT2D eigenvalue weighted by atomic mass is 32.1. The van der Waals surface area contributed by atoms with Crippen LogP contribution in [0.3, 0.4) is 0 Å². The first kappa shape index (κ1) is 16.5. The van der Waals surface area contributed by atoms with E-state index in [1.165, 1.54) is 13.3 Å². The van der Waals surface area contributed by atoms with Gasteiger partial charge in [-0.2, -0.15) is 5.26 Å². The van der Waals surface area contributed by atoms with E-state index in [1.54, 1.807) is 24.3 Å². The Labute approximate surface area is 147 Å². The summed E-state index contributed by atoms with van der Waals surface area (Å²) in [5, 5.41) is 20.0. The highest BCUT2D eigenvalue weighted by Gasteiger charge is 2.16. The van der Waals surface area contributed by atoms with Crippen molar-refractivity contribution in [2.45, 2.75) is 6.92 Å². The number of aromatic nitrogens is 3. The number of hydrogen-bond acceptors (Lipinski definition) is 7. The molecule has 0 aliphatic heterocycles. The third kappa shape index (κ3) is 3.62. The molecule has 25 heavy (non-hydrogen) atoms. The molecular formula is C17H13N5O2S. The average Bonchev–Trinajstić information content (AvgIpc) is 3.09. The second-order valence-corrected chi connectivity index (χ2v) is 6.03. The zero-order chi connectivity index (χ0) is 17.8. The molecule has 3 aromatic rings. The Morgan fingerprint density at radius 1 is 1.28 bits per heavy atom. The number of ether oxygens (including phenoxy) is 1. The van der Waals surface area contributed by atoms with Gasteiger partial charge in [0.1, 0.15) is 0 Å². The standard InChI is InChI=1S/C17H13N5O2S/c1-10-7-13(12-5-3-11(8-18)4-6-12)14(9-19-10)15(23)20-16-21-22-17(24-2)25-16/h3-7,9H,1-2H3,(H,20,21,23). The summed E-state index contributed by atoms with van der Waals surface area (Å²) in [7, 11) is 1.49. The van der Waals surface area contributed by atoms with Crippen LogP contribution >= 0.6 is 11.3 Å². The van der Waals surface area contributed by atoms with Crippen molar-refractivity contribution in [1.82, 2.24) is 15.2 Å². The topological polar surface area (TPSA) is 101 Å². The number of carbonyl (C=O) groups excluding carboxylic acids is 1. The molecule has 2 heterocycles. The van der Waals surface area contributed by atoms with Gasteiger partial charge in [0.25, 0.3) is 11.1 Å². The van der Waals surface area contributed by atoms with E-state index in [1.807, 2.05) is 13.0 Å². The first-order valence-electron chi connectivity index (χ1n) is 7.26. The summed E-state index contributed by atoms with van der Waals surface area (Å²) < 4.78 is 4.97. The number of nitrogens with zero attached hydrogens (tertiary/aromatic N) is 4. The summed E-state index contributed by atoms with van der Waals surface area (Å²) in [5.41, 5.74) is 3.30. The quantitative estimate of drug-likeness (QED) is 0.775. The van der Waals surface area contributed by atoms with Crippen molar-refractivity contribution in [1.29, 1.82) is 5.26 Å². The fourth-order valence-electron chi connectivity index (χ4n) is 2.21. The summed E-state index contributed by atoms with van der Waals surface area (Å²) in [6.45, 7) is 1.85. The third-order valence-electron chi connectivity index (χ3n) is 3.41. The molecule has 0 saturated carbocycles. The van der Waals surface area contributed by atoms with Gasteiger partial charge in [-0.15, -0.1) is 5.10 Å². The van der Waals surface area contributed by atoms with Crippen molar-refractivity contribution in [3.63, 3.8) is 0 Å². The normalized spacial score (nSPS) is 10.1. The van der Waals surface area contributed by atoms with E-state index in [0.29, 0.717) is 21.5 Å². The van der Waals surface area contributed by atoms with Crippen molar-refractivity contribution in [2.75, 3.05) is 12.4 Å². The molecule has 0 atom stereocenters. The van der Waals surface area contributed by atoms with Crippen LogP contribution in [0, 0.1) is 18.3 Å². The Hall–Kier alpha value is -3.31. The Bertz CT molecular complexity index is 960. The molecule has 2 aromatic heterocycles. The maximum atomic E-state index is 12.6. The Morgan fingerprint density at radius 2 is 2.04 bits per heavy atom. The lowest BCUT2D eigenvalue weighted by Gasteiger charge is -2.10. The fraction of sp³-hybridized carbons (Fsp3) is 0.118. The maximum absolute atomic E-state index is 12.6. The number of hydrogen-bond donors (Lipinski definition) is 1. The van der Waals surface area contributed by atoms with Crippen LogP contribution in [0.2, 0.25) is 0 Å². The van der Waals surface area contributed by atoms with Gasteiger partial charge in [-0.1, -0.05) is 17.2 Å². The number of aryl methyl sites for hydroxylation is 1. The Balaban J connectivity index is 1.95. The molecule has 1 amide bonds. The van der Waals surface area contributed by atoms with Crippen LogP contribution in [0.1, 0.15) is 21.6 Å². The molecule has 124 valence electrons. The molecule has 0 aliphatic rings. The van der Waals surface area contributed by atoms with Gasteiger partial charge in [-0.3, -0.25) is 15.1 Å². The van der Waals surface area contributed by atoms with Gasteiger partial charge in [-0.25, -0.2) is 0 Å².